The molecule has 0 aliphatic heterocycles. The summed E-state index contributed by atoms with van der Waals surface area (Å²) >= 11 is 1.46. The molecule has 0 saturated carbocycles. The molecule has 0 spiro atoms. The highest BCUT2D eigenvalue weighted by Gasteiger charge is 2.15. The van der Waals surface area contributed by atoms with Crippen molar-refractivity contribution >= 4 is 23.2 Å². The molecule has 2 rings (SSSR count). The maximum absolute atomic E-state index is 5.77. The van der Waals surface area contributed by atoms with E-state index in [1.54, 1.807) is 6.20 Å². The van der Waals surface area contributed by atoms with Crippen molar-refractivity contribution in [3.8, 4) is 5.13 Å². The van der Waals surface area contributed by atoms with Crippen molar-refractivity contribution in [3.05, 3.63) is 11.6 Å². The van der Waals surface area contributed by atoms with Crippen LogP contribution >= 0.6 is 11.3 Å². The lowest BCUT2D eigenvalue weighted by Gasteiger charge is -2.18. The second-order valence-electron chi connectivity index (χ2n) is 4.40. The lowest BCUT2D eigenvalue weighted by Crippen LogP contribution is -2.26. The Morgan fingerprint density at radius 2 is 2.19 bits per heavy atom. The van der Waals surface area contributed by atoms with Crippen LogP contribution in [0.15, 0.2) is 11.6 Å². The normalized spacial score (nSPS) is 11.7. The highest BCUT2D eigenvalue weighted by atomic mass is 32.1. The first kappa shape index (κ1) is 10.9. The van der Waals surface area contributed by atoms with E-state index < -0.39 is 0 Å². The molecule has 2 aromatic rings. The Hall–Kier alpha value is -1.63. The van der Waals surface area contributed by atoms with Crippen molar-refractivity contribution in [3.63, 3.8) is 0 Å². The van der Waals surface area contributed by atoms with Gasteiger partial charge in [-0.2, -0.15) is 9.67 Å². The Morgan fingerprint density at radius 3 is 2.75 bits per heavy atom. The Morgan fingerprint density at radius 1 is 1.44 bits per heavy atom. The number of rotatable bonds is 2. The zero-order valence-electron chi connectivity index (χ0n) is 9.43. The molecule has 86 valence electrons. The van der Waals surface area contributed by atoms with E-state index in [1.807, 2.05) is 26.2 Å². The van der Waals surface area contributed by atoms with Crippen molar-refractivity contribution in [2.24, 2.45) is 0 Å². The van der Waals surface area contributed by atoms with E-state index in [0.29, 0.717) is 17.0 Å². The van der Waals surface area contributed by atoms with Crippen molar-refractivity contribution in [1.82, 2.24) is 19.7 Å². The molecule has 0 bridgehead atoms. The lowest BCUT2D eigenvalue weighted by atomic mass is 10.1. The molecule has 16 heavy (non-hydrogen) atoms. The number of hydrogen-bond acceptors (Lipinski definition) is 6. The predicted octanol–water partition coefficient (Wildman–Crippen LogP) is 1.52. The average molecular weight is 238 g/mol. The molecule has 0 aromatic carbocycles. The highest BCUT2D eigenvalue weighted by molar-refractivity contribution is 7.12. The number of nitrogens with zero attached hydrogens (tertiary/aromatic N) is 4. The van der Waals surface area contributed by atoms with Crippen molar-refractivity contribution in [2.75, 3.05) is 11.1 Å². The maximum atomic E-state index is 5.77. The molecule has 0 unspecified atom stereocenters. The summed E-state index contributed by atoms with van der Waals surface area (Å²) < 4.78 is 1.53. The van der Waals surface area contributed by atoms with Gasteiger partial charge in [-0.15, -0.1) is 16.4 Å². The summed E-state index contributed by atoms with van der Waals surface area (Å²) in [5.41, 5.74) is 5.67. The van der Waals surface area contributed by atoms with E-state index >= 15 is 0 Å². The van der Waals surface area contributed by atoms with Gasteiger partial charge in [-0.3, -0.25) is 0 Å². The number of hydrogen-bond donors (Lipinski definition) is 2. The molecule has 0 aliphatic rings. The Kier molecular flexibility index (Phi) is 2.55. The van der Waals surface area contributed by atoms with Gasteiger partial charge < -0.3 is 11.1 Å². The fraction of sp³-hybridized carbons (Fsp3) is 0.444. The summed E-state index contributed by atoms with van der Waals surface area (Å²) in [4.78, 5) is 8.27. The Balaban J connectivity index is 2.29. The van der Waals surface area contributed by atoms with Crippen LogP contribution in [0.1, 0.15) is 20.8 Å². The number of nitrogens with one attached hydrogen (secondary N) is 1. The quantitative estimate of drug-likeness (QED) is 0.829. The van der Waals surface area contributed by atoms with Gasteiger partial charge in [-0.05, 0) is 20.8 Å². The third-order valence-electron chi connectivity index (χ3n) is 1.72. The topological polar surface area (TPSA) is 81.6 Å². The van der Waals surface area contributed by atoms with Crippen LogP contribution in [-0.2, 0) is 0 Å². The SMILES string of the molecule is CC(C)(C)Nc1nc(N)n(-c2nccs2)n1. The second kappa shape index (κ2) is 3.75. The van der Waals surface area contributed by atoms with Gasteiger partial charge in [0.25, 0.3) is 0 Å². The van der Waals surface area contributed by atoms with Gasteiger partial charge in [-0.25, -0.2) is 4.98 Å². The van der Waals surface area contributed by atoms with E-state index in [2.05, 4.69) is 20.4 Å². The average Bonchev–Trinajstić information content (AvgIpc) is 2.71. The zero-order chi connectivity index (χ0) is 11.8. The molecule has 0 atom stereocenters. The van der Waals surface area contributed by atoms with Gasteiger partial charge in [0.15, 0.2) is 0 Å². The van der Waals surface area contributed by atoms with E-state index in [1.165, 1.54) is 16.0 Å². The molecule has 6 nitrogen and oxygen atoms in total. The first-order chi connectivity index (χ1) is 7.46. The number of nitrogen functional groups attached to an aromatic ring is 1. The van der Waals surface area contributed by atoms with E-state index in [-0.39, 0.29) is 5.54 Å². The van der Waals surface area contributed by atoms with Gasteiger partial charge >= 0.3 is 0 Å². The Labute approximate surface area is 97.5 Å². The first-order valence-corrected chi connectivity index (χ1v) is 5.74. The lowest BCUT2D eigenvalue weighted by molar-refractivity contribution is 0.625. The monoisotopic (exact) mass is 238 g/mol. The van der Waals surface area contributed by atoms with Crippen LogP contribution in [0.4, 0.5) is 11.9 Å². The van der Waals surface area contributed by atoms with Crippen LogP contribution in [0.5, 0.6) is 0 Å². The minimum Gasteiger partial charge on any atom is -0.368 e. The summed E-state index contributed by atoms with van der Waals surface area (Å²) in [5.74, 6) is 0.849. The fourth-order valence-corrected chi connectivity index (χ4v) is 1.77. The molecular formula is C9H14N6S. The first-order valence-electron chi connectivity index (χ1n) is 4.86. The van der Waals surface area contributed by atoms with E-state index in [4.69, 9.17) is 5.73 Å². The molecule has 0 fully saturated rings. The van der Waals surface area contributed by atoms with Gasteiger partial charge in [0.2, 0.25) is 17.0 Å². The van der Waals surface area contributed by atoms with Crippen molar-refractivity contribution in [1.29, 1.82) is 0 Å². The van der Waals surface area contributed by atoms with Crippen LogP contribution < -0.4 is 11.1 Å². The molecule has 3 N–H and O–H groups in total. The summed E-state index contributed by atoms with van der Waals surface area (Å²) in [6.07, 6.45) is 1.71. The third kappa shape index (κ3) is 2.30. The van der Waals surface area contributed by atoms with Crippen LogP contribution in [0.2, 0.25) is 0 Å². The van der Waals surface area contributed by atoms with Crippen molar-refractivity contribution < 1.29 is 0 Å². The minimum atomic E-state index is -0.0957. The third-order valence-corrected chi connectivity index (χ3v) is 2.47. The second-order valence-corrected chi connectivity index (χ2v) is 5.27. The standard InChI is InChI=1S/C9H14N6S/c1-9(2,3)13-7-12-6(10)15(14-7)8-11-4-5-16-8/h4-5H,1-3H3,(H3,10,12,13,14). The van der Waals surface area contributed by atoms with Crippen LogP contribution in [0, 0.1) is 0 Å². The summed E-state index contributed by atoms with van der Waals surface area (Å²) in [6.45, 7) is 6.11. The molecule has 0 radical (unpaired) electrons. The molecule has 0 aliphatic carbocycles. The van der Waals surface area contributed by atoms with E-state index in [9.17, 15) is 0 Å². The predicted molar refractivity (Wildman–Crippen MR) is 64.8 cm³/mol. The summed E-state index contributed by atoms with van der Waals surface area (Å²) in [6, 6.07) is 0. The fourth-order valence-electron chi connectivity index (χ4n) is 1.17. The van der Waals surface area contributed by atoms with Crippen LogP contribution in [0.25, 0.3) is 5.13 Å². The van der Waals surface area contributed by atoms with E-state index in [0.717, 1.165) is 0 Å². The van der Waals surface area contributed by atoms with Gasteiger partial charge in [0, 0.05) is 17.1 Å². The number of aromatic nitrogens is 4. The number of nitrogens with two attached hydrogens (primary N) is 1. The van der Waals surface area contributed by atoms with Gasteiger partial charge in [0.05, 0.1) is 0 Å². The van der Waals surface area contributed by atoms with Crippen LogP contribution in [-0.4, -0.2) is 25.3 Å². The molecule has 0 saturated heterocycles. The summed E-state index contributed by atoms with van der Waals surface area (Å²) in [5, 5.41) is 10.00. The van der Waals surface area contributed by atoms with Gasteiger partial charge in [-0.1, -0.05) is 0 Å². The largest absolute Gasteiger partial charge is 0.368 e. The molecule has 7 heteroatoms. The minimum absolute atomic E-state index is 0.0957. The number of thiazole rings is 1. The van der Waals surface area contributed by atoms with Gasteiger partial charge in [0.1, 0.15) is 0 Å². The maximum Gasteiger partial charge on any atom is 0.244 e. The smallest absolute Gasteiger partial charge is 0.244 e. The highest BCUT2D eigenvalue weighted by Crippen LogP contribution is 2.17. The molecular weight excluding hydrogens is 224 g/mol. The zero-order valence-corrected chi connectivity index (χ0v) is 10.2. The molecule has 2 heterocycles. The Bertz CT molecular complexity index is 467. The van der Waals surface area contributed by atoms with Crippen molar-refractivity contribution in [2.45, 2.75) is 26.3 Å². The number of anilines is 2. The summed E-state index contributed by atoms with van der Waals surface area (Å²) in [7, 11) is 0. The molecule has 2 aromatic heterocycles. The van der Waals surface area contributed by atoms with Crippen LogP contribution in [0.3, 0.4) is 0 Å². The molecule has 0 amide bonds.